The monoisotopic (exact) mass is 365 g/mol. The molecule has 0 unspecified atom stereocenters. The van der Waals surface area contributed by atoms with Gasteiger partial charge in [-0.05, 0) is 42.7 Å². The first kappa shape index (κ1) is 17.3. The Morgan fingerprint density at radius 2 is 1.78 bits per heavy atom. The molecule has 3 aromatic rings. The molecule has 1 aromatic carbocycles. The highest BCUT2D eigenvalue weighted by atomic mass is 19.1. The Bertz CT molecular complexity index is 893. The van der Waals surface area contributed by atoms with Crippen LogP contribution in [0.3, 0.4) is 0 Å². The number of anilines is 1. The van der Waals surface area contributed by atoms with E-state index in [1.807, 2.05) is 24.3 Å². The lowest BCUT2D eigenvalue weighted by Gasteiger charge is -2.42. The Hall–Kier alpha value is -3.09. The van der Waals surface area contributed by atoms with Crippen molar-refractivity contribution in [3.8, 4) is 17.3 Å². The second-order valence-electron chi connectivity index (χ2n) is 6.76. The molecule has 1 saturated carbocycles. The number of methoxy groups -OCH3 is 1. The van der Waals surface area contributed by atoms with Crippen molar-refractivity contribution in [1.29, 1.82) is 0 Å². The summed E-state index contributed by atoms with van der Waals surface area (Å²) in [5.41, 5.74) is 2.68. The van der Waals surface area contributed by atoms with Crippen LogP contribution in [0.4, 0.5) is 10.2 Å². The lowest BCUT2D eigenvalue weighted by atomic mass is 9.64. The van der Waals surface area contributed by atoms with Crippen LogP contribution >= 0.6 is 0 Å². The first-order chi connectivity index (χ1) is 13.2. The molecule has 6 nitrogen and oxygen atoms in total. The minimum atomic E-state index is -0.204. The van der Waals surface area contributed by atoms with Crippen molar-refractivity contribution >= 4 is 5.82 Å². The van der Waals surface area contributed by atoms with E-state index in [4.69, 9.17) is 4.74 Å². The Morgan fingerprint density at radius 1 is 1.04 bits per heavy atom. The predicted molar refractivity (Wildman–Crippen MR) is 100 cm³/mol. The van der Waals surface area contributed by atoms with Crippen molar-refractivity contribution in [3.63, 3.8) is 0 Å². The van der Waals surface area contributed by atoms with Crippen LogP contribution in [0, 0.1) is 5.82 Å². The molecule has 1 aliphatic rings. The van der Waals surface area contributed by atoms with Gasteiger partial charge in [0.05, 0.1) is 12.8 Å². The molecule has 0 bridgehead atoms. The van der Waals surface area contributed by atoms with E-state index in [0.29, 0.717) is 17.5 Å². The second-order valence-corrected chi connectivity index (χ2v) is 6.76. The number of hydrogen-bond acceptors (Lipinski definition) is 6. The van der Waals surface area contributed by atoms with Gasteiger partial charge in [-0.15, -0.1) is 10.2 Å². The zero-order chi connectivity index (χ0) is 18.7. The van der Waals surface area contributed by atoms with Gasteiger partial charge in [0.25, 0.3) is 0 Å². The molecule has 1 N–H and O–H groups in total. The SMILES string of the molecule is COc1ncc(-c2ccc(NCC3(c4ccc(F)cc4)CCC3)nn2)cn1. The van der Waals surface area contributed by atoms with E-state index in [0.717, 1.165) is 24.9 Å². The number of ether oxygens (including phenoxy) is 1. The largest absolute Gasteiger partial charge is 0.467 e. The third-order valence-corrected chi connectivity index (χ3v) is 5.15. The molecule has 4 rings (SSSR count). The van der Waals surface area contributed by atoms with Crippen molar-refractivity contribution in [2.45, 2.75) is 24.7 Å². The fourth-order valence-electron chi connectivity index (χ4n) is 3.37. The van der Waals surface area contributed by atoms with E-state index >= 15 is 0 Å². The number of nitrogens with zero attached hydrogens (tertiary/aromatic N) is 4. The molecular weight excluding hydrogens is 345 g/mol. The Morgan fingerprint density at radius 3 is 2.33 bits per heavy atom. The normalized spacial score (nSPS) is 15.0. The molecule has 138 valence electrons. The van der Waals surface area contributed by atoms with Crippen molar-refractivity contribution in [2.75, 3.05) is 19.0 Å². The van der Waals surface area contributed by atoms with E-state index in [9.17, 15) is 4.39 Å². The fraction of sp³-hybridized carbons (Fsp3) is 0.300. The molecule has 0 amide bonds. The van der Waals surface area contributed by atoms with Gasteiger partial charge in [0.2, 0.25) is 0 Å². The fourth-order valence-corrected chi connectivity index (χ4v) is 3.37. The van der Waals surface area contributed by atoms with Crippen LogP contribution in [0.2, 0.25) is 0 Å². The van der Waals surface area contributed by atoms with Gasteiger partial charge in [-0.25, -0.2) is 14.4 Å². The van der Waals surface area contributed by atoms with Crippen LogP contribution in [-0.2, 0) is 5.41 Å². The molecule has 2 heterocycles. The molecule has 0 spiro atoms. The third kappa shape index (κ3) is 3.58. The lowest BCUT2D eigenvalue weighted by molar-refractivity contribution is 0.260. The van der Waals surface area contributed by atoms with Crippen molar-refractivity contribution in [2.24, 2.45) is 0 Å². The standard InChI is InChI=1S/C20H20FN5O/c1-27-19-22-11-14(12-23-19)17-7-8-18(26-25-17)24-13-20(9-2-10-20)15-3-5-16(21)6-4-15/h3-8,11-12H,2,9-10,13H2,1H3,(H,24,26). The first-order valence-corrected chi connectivity index (χ1v) is 8.89. The number of rotatable bonds is 6. The molecule has 0 atom stereocenters. The van der Waals surface area contributed by atoms with Gasteiger partial charge in [-0.2, -0.15) is 0 Å². The zero-order valence-corrected chi connectivity index (χ0v) is 15.0. The van der Waals surface area contributed by atoms with Gasteiger partial charge < -0.3 is 10.1 Å². The van der Waals surface area contributed by atoms with Crippen molar-refractivity contribution in [3.05, 3.63) is 60.2 Å². The third-order valence-electron chi connectivity index (χ3n) is 5.15. The summed E-state index contributed by atoms with van der Waals surface area (Å²) in [6.07, 6.45) is 6.66. The summed E-state index contributed by atoms with van der Waals surface area (Å²) < 4.78 is 18.2. The van der Waals surface area contributed by atoms with Crippen molar-refractivity contribution < 1.29 is 9.13 Å². The highest BCUT2D eigenvalue weighted by molar-refractivity contribution is 5.57. The molecule has 1 aliphatic carbocycles. The van der Waals surface area contributed by atoms with Gasteiger partial charge in [0.15, 0.2) is 0 Å². The summed E-state index contributed by atoms with van der Waals surface area (Å²) in [5.74, 6) is 0.506. The van der Waals surface area contributed by atoms with Crippen LogP contribution in [0.15, 0.2) is 48.8 Å². The van der Waals surface area contributed by atoms with Crippen LogP contribution in [0.1, 0.15) is 24.8 Å². The minimum absolute atomic E-state index is 0.0396. The average Bonchev–Trinajstić information content (AvgIpc) is 2.69. The highest BCUT2D eigenvalue weighted by Gasteiger charge is 2.38. The summed E-state index contributed by atoms with van der Waals surface area (Å²) in [7, 11) is 1.52. The van der Waals surface area contributed by atoms with Gasteiger partial charge in [-0.3, -0.25) is 0 Å². The van der Waals surface area contributed by atoms with Gasteiger partial charge in [-0.1, -0.05) is 18.6 Å². The maximum atomic E-state index is 13.2. The molecule has 0 aliphatic heterocycles. The molecule has 0 radical (unpaired) electrons. The Labute approximate surface area is 156 Å². The predicted octanol–water partition coefficient (Wildman–Crippen LogP) is 3.62. The second kappa shape index (κ2) is 7.26. The average molecular weight is 365 g/mol. The number of hydrogen-bond donors (Lipinski definition) is 1. The van der Waals surface area contributed by atoms with Gasteiger partial charge in [0.1, 0.15) is 11.6 Å². The number of aromatic nitrogens is 4. The number of halogens is 1. The summed E-state index contributed by atoms with van der Waals surface area (Å²) in [5, 5.41) is 11.9. The quantitative estimate of drug-likeness (QED) is 0.719. The molecule has 0 saturated heterocycles. The molecule has 7 heteroatoms. The molecule has 27 heavy (non-hydrogen) atoms. The lowest BCUT2D eigenvalue weighted by Crippen LogP contribution is -2.41. The maximum Gasteiger partial charge on any atom is 0.316 e. The zero-order valence-electron chi connectivity index (χ0n) is 15.0. The number of benzene rings is 1. The molecule has 1 fully saturated rings. The van der Waals surface area contributed by atoms with Gasteiger partial charge >= 0.3 is 6.01 Å². The molecular formula is C20H20FN5O. The smallest absolute Gasteiger partial charge is 0.316 e. The maximum absolute atomic E-state index is 13.2. The van der Waals surface area contributed by atoms with Crippen LogP contribution < -0.4 is 10.1 Å². The van der Waals surface area contributed by atoms with E-state index in [1.54, 1.807) is 12.4 Å². The number of nitrogens with one attached hydrogen (secondary N) is 1. The van der Waals surface area contributed by atoms with E-state index in [1.165, 1.54) is 31.2 Å². The summed E-state index contributed by atoms with van der Waals surface area (Å²) in [6, 6.07) is 10.9. The summed E-state index contributed by atoms with van der Waals surface area (Å²) in [4.78, 5) is 8.16. The van der Waals surface area contributed by atoms with Crippen LogP contribution in [-0.4, -0.2) is 33.8 Å². The van der Waals surface area contributed by atoms with Crippen LogP contribution in [0.5, 0.6) is 6.01 Å². The molecule has 2 aromatic heterocycles. The first-order valence-electron chi connectivity index (χ1n) is 8.89. The van der Waals surface area contributed by atoms with Crippen molar-refractivity contribution in [1.82, 2.24) is 20.2 Å². The minimum Gasteiger partial charge on any atom is -0.467 e. The summed E-state index contributed by atoms with van der Waals surface area (Å²) in [6.45, 7) is 0.748. The van der Waals surface area contributed by atoms with E-state index < -0.39 is 0 Å². The topological polar surface area (TPSA) is 72.8 Å². The summed E-state index contributed by atoms with van der Waals surface area (Å²) >= 11 is 0. The van der Waals surface area contributed by atoms with Gasteiger partial charge in [0, 0.05) is 29.9 Å². The highest BCUT2D eigenvalue weighted by Crippen LogP contribution is 2.43. The Balaban J connectivity index is 1.44. The van der Waals surface area contributed by atoms with Crippen LogP contribution in [0.25, 0.3) is 11.3 Å². The van der Waals surface area contributed by atoms with E-state index in [2.05, 4.69) is 25.5 Å². The Kier molecular flexibility index (Phi) is 4.66. The van der Waals surface area contributed by atoms with E-state index in [-0.39, 0.29) is 11.2 Å².